The molecule has 0 saturated carbocycles. The second-order valence-electron chi connectivity index (χ2n) is 6.21. The quantitative estimate of drug-likeness (QED) is 0.828. The molecule has 0 spiro atoms. The number of hydrogen-bond donors (Lipinski definition) is 1. The first kappa shape index (κ1) is 19.4. The van der Waals surface area contributed by atoms with Crippen LogP contribution in [0.15, 0.2) is 58.3 Å². The zero-order chi connectivity index (χ0) is 19.4. The van der Waals surface area contributed by atoms with E-state index in [0.29, 0.717) is 12.2 Å². The molecule has 1 N–H and O–H groups in total. The number of amides is 2. The smallest absolute Gasteiger partial charge is 0.227 e. The van der Waals surface area contributed by atoms with Gasteiger partial charge in [-0.15, -0.1) is 11.8 Å². The van der Waals surface area contributed by atoms with Crippen LogP contribution in [0.5, 0.6) is 0 Å². The van der Waals surface area contributed by atoms with E-state index in [-0.39, 0.29) is 29.6 Å². The maximum Gasteiger partial charge on any atom is 0.227 e. The summed E-state index contributed by atoms with van der Waals surface area (Å²) < 4.78 is 23.2. The SMILES string of the molecule is CS(=O)(=O)c1cccc(NC(=O)CCC(=O)N2CCSc3ccccc32)c1. The summed E-state index contributed by atoms with van der Waals surface area (Å²) in [7, 11) is -3.34. The van der Waals surface area contributed by atoms with Crippen LogP contribution in [0, 0.1) is 0 Å². The standard InChI is InChI=1S/C19H20N2O4S2/c1-27(24,25)15-6-4-5-14(13-15)20-18(22)9-10-19(23)21-11-12-26-17-8-3-2-7-16(17)21/h2-8,13H,9-12H2,1H3,(H,20,22). The number of nitrogens with zero attached hydrogens (tertiary/aromatic N) is 1. The van der Waals surface area contributed by atoms with Crippen LogP contribution in [0.25, 0.3) is 0 Å². The minimum atomic E-state index is -3.34. The van der Waals surface area contributed by atoms with Crippen molar-refractivity contribution in [2.45, 2.75) is 22.6 Å². The zero-order valence-corrected chi connectivity index (χ0v) is 16.5. The summed E-state index contributed by atoms with van der Waals surface area (Å²) in [5, 5.41) is 2.65. The van der Waals surface area contributed by atoms with Gasteiger partial charge in [-0.2, -0.15) is 0 Å². The van der Waals surface area contributed by atoms with Gasteiger partial charge in [-0.1, -0.05) is 18.2 Å². The maximum absolute atomic E-state index is 12.6. The van der Waals surface area contributed by atoms with Gasteiger partial charge in [0.15, 0.2) is 9.84 Å². The van der Waals surface area contributed by atoms with Gasteiger partial charge in [-0.05, 0) is 30.3 Å². The average Bonchev–Trinajstić information content (AvgIpc) is 2.65. The summed E-state index contributed by atoms with van der Waals surface area (Å²) in [6.45, 7) is 0.624. The van der Waals surface area contributed by atoms with E-state index >= 15 is 0 Å². The van der Waals surface area contributed by atoms with Crippen LogP contribution >= 0.6 is 11.8 Å². The lowest BCUT2D eigenvalue weighted by Crippen LogP contribution is -2.35. The van der Waals surface area contributed by atoms with Crippen molar-refractivity contribution >= 4 is 44.8 Å². The van der Waals surface area contributed by atoms with Crippen molar-refractivity contribution in [2.24, 2.45) is 0 Å². The Labute approximate surface area is 162 Å². The highest BCUT2D eigenvalue weighted by Gasteiger charge is 2.23. The molecule has 8 heteroatoms. The molecule has 0 saturated heterocycles. The normalized spacial score (nSPS) is 13.7. The van der Waals surface area contributed by atoms with Crippen molar-refractivity contribution in [3.8, 4) is 0 Å². The van der Waals surface area contributed by atoms with Crippen molar-refractivity contribution in [1.29, 1.82) is 0 Å². The predicted molar refractivity (Wildman–Crippen MR) is 107 cm³/mol. The number of fused-ring (bicyclic) bond motifs is 1. The third-order valence-corrected chi connectivity index (χ3v) is 6.29. The van der Waals surface area contributed by atoms with Crippen molar-refractivity contribution in [3.63, 3.8) is 0 Å². The lowest BCUT2D eigenvalue weighted by atomic mass is 10.2. The molecule has 142 valence electrons. The first-order chi connectivity index (χ1) is 12.8. The molecule has 0 atom stereocenters. The molecule has 2 amide bonds. The lowest BCUT2D eigenvalue weighted by Gasteiger charge is -2.29. The number of rotatable bonds is 5. The second kappa shape index (κ2) is 8.14. The summed E-state index contributed by atoms with van der Waals surface area (Å²) >= 11 is 1.72. The van der Waals surface area contributed by atoms with Crippen LogP contribution < -0.4 is 10.2 Å². The number of nitrogens with one attached hydrogen (secondary N) is 1. The van der Waals surface area contributed by atoms with Gasteiger partial charge in [0.05, 0.1) is 10.6 Å². The van der Waals surface area contributed by atoms with E-state index in [9.17, 15) is 18.0 Å². The Hall–Kier alpha value is -2.32. The molecule has 0 radical (unpaired) electrons. The van der Waals surface area contributed by atoms with Gasteiger partial charge in [-0.3, -0.25) is 9.59 Å². The van der Waals surface area contributed by atoms with E-state index in [1.54, 1.807) is 28.8 Å². The van der Waals surface area contributed by atoms with Crippen LogP contribution in [0.1, 0.15) is 12.8 Å². The third-order valence-electron chi connectivity index (χ3n) is 4.14. The molecule has 6 nitrogen and oxygen atoms in total. The predicted octanol–water partition coefficient (Wildman–Crippen LogP) is 2.95. The summed E-state index contributed by atoms with van der Waals surface area (Å²) in [6.07, 6.45) is 1.24. The lowest BCUT2D eigenvalue weighted by molar-refractivity contribution is -0.122. The number of para-hydroxylation sites is 1. The molecule has 0 aliphatic carbocycles. The Morgan fingerprint density at radius 1 is 1.11 bits per heavy atom. The van der Waals surface area contributed by atoms with Crippen molar-refractivity contribution in [3.05, 3.63) is 48.5 Å². The number of carbonyl (C=O) groups excluding carboxylic acids is 2. The number of thioether (sulfide) groups is 1. The van der Waals surface area contributed by atoms with Crippen molar-refractivity contribution in [2.75, 3.05) is 28.8 Å². The van der Waals surface area contributed by atoms with Gasteiger partial charge in [0.1, 0.15) is 0 Å². The first-order valence-electron chi connectivity index (χ1n) is 8.47. The molecule has 2 aromatic rings. The molecule has 1 aliphatic rings. The van der Waals surface area contributed by atoms with Crippen LogP contribution in [-0.4, -0.2) is 38.8 Å². The number of hydrogen-bond acceptors (Lipinski definition) is 5. The fourth-order valence-electron chi connectivity index (χ4n) is 2.81. The van der Waals surface area contributed by atoms with E-state index in [2.05, 4.69) is 5.32 Å². The fraction of sp³-hybridized carbons (Fsp3) is 0.263. The largest absolute Gasteiger partial charge is 0.326 e. The molecule has 3 rings (SSSR count). The Balaban J connectivity index is 1.59. The number of carbonyl (C=O) groups is 2. The molecular weight excluding hydrogens is 384 g/mol. The minimum Gasteiger partial charge on any atom is -0.326 e. The maximum atomic E-state index is 12.6. The van der Waals surface area contributed by atoms with Gasteiger partial charge < -0.3 is 10.2 Å². The third kappa shape index (κ3) is 4.90. The van der Waals surface area contributed by atoms with Gasteiger partial charge in [0.2, 0.25) is 11.8 Å². The Kier molecular flexibility index (Phi) is 5.86. The molecule has 1 heterocycles. The van der Waals surface area contributed by atoms with Crippen LogP contribution in [-0.2, 0) is 19.4 Å². The van der Waals surface area contributed by atoms with Gasteiger partial charge in [0, 0.05) is 42.0 Å². The second-order valence-corrected chi connectivity index (χ2v) is 9.36. The zero-order valence-electron chi connectivity index (χ0n) is 14.8. The van der Waals surface area contributed by atoms with E-state index in [1.165, 1.54) is 12.1 Å². The van der Waals surface area contributed by atoms with Crippen LogP contribution in [0.4, 0.5) is 11.4 Å². The summed E-state index contributed by atoms with van der Waals surface area (Å²) in [5.74, 6) is 0.407. The molecule has 2 aromatic carbocycles. The van der Waals surface area contributed by atoms with E-state index in [0.717, 1.165) is 22.6 Å². The topological polar surface area (TPSA) is 83.5 Å². The van der Waals surface area contributed by atoms with Crippen LogP contribution in [0.3, 0.4) is 0 Å². The summed E-state index contributed by atoms with van der Waals surface area (Å²) in [5.41, 5.74) is 1.29. The fourth-order valence-corrected chi connectivity index (χ4v) is 4.47. The highest BCUT2D eigenvalue weighted by molar-refractivity contribution is 7.99. The number of benzene rings is 2. The Bertz CT molecular complexity index is 973. The van der Waals surface area contributed by atoms with Crippen molar-refractivity contribution < 1.29 is 18.0 Å². The van der Waals surface area contributed by atoms with E-state index in [4.69, 9.17) is 0 Å². The molecule has 0 bridgehead atoms. The molecule has 27 heavy (non-hydrogen) atoms. The van der Waals surface area contributed by atoms with Crippen LogP contribution in [0.2, 0.25) is 0 Å². The summed E-state index contributed by atoms with van der Waals surface area (Å²) in [6, 6.07) is 13.8. The molecule has 0 fully saturated rings. The average molecular weight is 405 g/mol. The monoisotopic (exact) mass is 404 g/mol. The Morgan fingerprint density at radius 2 is 1.89 bits per heavy atom. The summed E-state index contributed by atoms with van der Waals surface area (Å²) in [4.78, 5) is 27.7. The Morgan fingerprint density at radius 3 is 2.67 bits per heavy atom. The molecular formula is C19H20N2O4S2. The number of anilines is 2. The first-order valence-corrected chi connectivity index (χ1v) is 11.3. The van der Waals surface area contributed by atoms with Crippen molar-refractivity contribution in [1.82, 2.24) is 0 Å². The minimum absolute atomic E-state index is 0.0355. The van der Waals surface area contributed by atoms with Gasteiger partial charge in [-0.25, -0.2) is 8.42 Å². The molecule has 1 aliphatic heterocycles. The van der Waals surface area contributed by atoms with E-state index < -0.39 is 9.84 Å². The van der Waals surface area contributed by atoms with Gasteiger partial charge >= 0.3 is 0 Å². The molecule has 0 aromatic heterocycles. The van der Waals surface area contributed by atoms with Gasteiger partial charge in [0.25, 0.3) is 0 Å². The highest BCUT2D eigenvalue weighted by atomic mass is 32.2. The highest BCUT2D eigenvalue weighted by Crippen LogP contribution is 2.34. The molecule has 0 unspecified atom stereocenters. The number of sulfone groups is 1. The van der Waals surface area contributed by atoms with E-state index in [1.807, 2.05) is 24.3 Å².